The van der Waals surface area contributed by atoms with E-state index in [2.05, 4.69) is 12.1 Å². The largest absolute Gasteiger partial charge is 0.490 e. The van der Waals surface area contributed by atoms with Crippen molar-refractivity contribution < 1.29 is 9.13 Å². The van der Waals surface area contributed by atoms with Gasteiger partial charge in [0.05, 0.1) is 6.61 Å². The highest BCUT2D eigenvalue weighted by Crippen LogP contribution is 2.39. The maximum Gasteiger partial charge on any atom is 0.167 e. The van der Waals surface area contributed by atoms with E-state index in [1.54, 1.807) is 12.1 Å². The lowest BCUT2D eigenvalue weighted by molar-refractivity contribution is 0.284. The molecule has 0 spiro atoms. The van der Waals surface area contributed by atoms with Gasteiger partial charge in [-0.15, -0.1) is 11.8 Å². The van der Waals surface area contributed by atoms with Gasteiger partial charge in [-0.2, -0.15) is 0 Å². The molecule has 19 heavy (non-hydrogen) atoms. The fraction of sp³-hybridized carbons (Fsp3) is 0.200. The molecule has 0 bridgehead atoms. The normalized spacial score (nSPS) is 17.2. The third kappa shape index (κ3) is 2.54. The molecule has 0 saturated carbocycles. The number of nitrogen functional groups attached to an aromatic ring is 1. The first-order chi connectivity index (χ1) is 9.24. The third-order valence-electron chi connectivity index (χ3n) is 3.19. The molecule has 2 aromatic carbocycles. The topological polar surface area (TPSA) is 35.2 Å². The average Bonchev–Trinajstić information content (AvgIpc) is 2.81. The van der Waals surface area contributed by atoms with E-state index in [9.17, 15) is 4.39 Å². The predicted octanol–water partition coefficient (Wildman–Crippen LogP) is 3.68. The Morgan fingerprint density at radius 3 is 2.95 bits per heavy atom. The SMILES string of the molecule is Nc1ccc(OCC2CSc3ccccc32)c(F)c1. The predicted molar refractivity (Wildman–Crippen MR) is 76.2 cm³/mol. The third-order valence-corrected chi connectivity index (χ3v) is 4.45. The second-order valence-electron chi connectivity index (χ2n) is 4.55. The molecule has 1 aliphatic rings. The van der Waals surface area contributed by atoms with Crippen LogP contribution in [0.3, 0.4) is 0 Å². The van der Waals surface area contributed by atoms with Gasteiger partial charge in [-0.3, -0.25) is 0 Å². The van der Waals surface area contributed by atoms with Crippen molar-refractivity contribution in [1.29, 1.82) is 0 Å². The van der Waals surface area contributed by atoms with Gasteiger partial charge in [0.2, 0.25) is 0 Å². The van der Waals surface area contributed by atoms with Crippen molar-refractivity contribution in [2.75, 3.05) is 18.1 Å². The first kappa shape index (κ1) is 12.4. The van der Waals surface area contributed by atoms with Crippen molar-refractivity contribution in [3.63, 3.8) is 0 Å². The van der Waals surface area contributed by atoms with Crippen LogP contribution in [0.4, 0.5) is 10.1 Å². The Labute approximate surface area is 115 Å². The van der Waals surface area contributed by atoms with Crippen molar-refractivity contribution >= 4 is 17.4 Å². The Kier molecular flexibility index (Phi) is 3.34. The molecular formula is C15H14FNOS. The van der Waals surface area contributed by atoms with Gasteiger partial charge in [0.25, 0.3) is 0 Å². The van der Waals surface area contributed by atoms with Gasteiger partial charge in [0.15, 0.2) is 11.6 Å². The summed E-state index contributed by atoms with van der Waals surface area (Å²) in [7, 11) is 0. The summed E-state index contributed by atoms with van der Waals surface area (Å²) in [5.74, 6) is 1.16. The molecule has 98 valence electrons. The van der Waals surface area contributed by atoms with E-state index in [4.69, 9.17) is 10.5 Å². The summed E-state index contributed by atoms with van der Waals surface area (Å²) < 4.78 is 19.2. The average molecular weight is 275 g/mol. The van der Waals surface area contributed by atoms with Crippen molar-refractivity contribution in [3.05, 3.63) is 53.8 Å². The fourth-order valence-corrected chi connectivity index (χ4v) is 3.42. The lowest BCUT2D eigenvalue weighted by atomic mass is 10.0. The molecule has 0 amide bonds. The van der Waals surface area contributed by atoms with Crippen molar-refractivity contribution in [2.24, 2.45) is 0 Å². The van der Waals surface area contributed by atoms with Gasteiger partial charge in [0, 0.05) is 28.3 Å². The lowest BCUT2D eigenvalue weighted by Gasteiger charge is -2.13. The number of nitrogens with two attached hydrogens (primary N) is 1. The maximum atomic E-state index is 13.6. The maximum absolute atomic E-state index is 13.6. The standard InChI is InChI=1S/C15H14FNOS/c16-13-7-11(17)5-6-14(13)18-8-10-9-19-15-4-2-1-3-12(10)15/h1-7,10H,8-9,17H2. The van der Waals surface area contributed by atoms with Gasteiger partial charge in [-0.1, -0.05) is 18.2 Å². The number of fused-ring (bicyclic) bond motifs is 1. The van der Waals surface area contributed by atoms with Crippen LogP contribution in [0.2, 0.25) is 0 Å². The minimum atomic E-state index is -0.404. The summed E-state index contributed by atoms with van der Waals surface area (Å²) in [6.45, 7) is 0.491. The number of ether oxygens (including phenoxy) is 1. The van der Waals surface area contributed by atoms with Crippen LogP contribution in [0.1, 0.15) is 11.5 Å². The molecule has 4 heteroatoms. The molecule has 2 aromatic rings. The van der Waals surface area contributed by atoms with Gasteiger partial charge in [0.1, 0.15) is 0 Å². The van der Waals surface area contributed by atoms with E-state index >= 15 is 0 Å². The number of hydrogen-bond acceptors (Lipinski definition) is 3. The van der Waals surface area contributed by atoms with Crippen LogP contribution in [0, 0.1) is 5.82 Å². The molecule has 0 aromatic heterocycles. The minimum absolute atomic E-state index is 0.267. The van der Waals surface area contributed by atoms with Gasteiger partial charge < -0.3 is 10.5 Å². The van der Waals surface area contributed by atoms with Crippen LogP contribution in [0.15, 0.2) is 47.4 Å². The Hall–Kier alpha value is -1.68. The number of thioether (sulfide) groups is 1. The van der Waals surface area contributed by atoms with Crippen LogP contribution in [-0.2, 0) is 0 Å². The highest BCUT2D eigenvalue weighted by Gasteiger charge is 2.23. The van der Waals surface area contributed by atoms with Gasteiger partial charge in [-0.25, -0.2) is 4.39 Å². The number of hydrogen-bond donors (Lipinski definition) is 1. The summed E-state index contributed by atoms with van der Waals surface area (Å²) in [6.07, 6.45) is 0. The summed E-state index contributed by atoms with van der Waals surface area (Å²) in [4.78, 5) is 1.30. The summed E-state index contributed by atoms with van der Waals surface area (Å²) >= 11 is 1.82. The first-order valence-electron chi connectivity index (χ1n) is 6.13. The molecule has 2 nitrogen and oxygen atoms in total. The molecule has 0 radical (unpaired) electrons. The summed E-state index contributed by atoms with van der Waals surface area (Å²) in [5, 5.41) is 0. The van der Waals surface area contributed by atoms with E-state index < -0.39 is 5.82 Å². The quantitative estimate of drug-likeness (QED) is 0.868. The smallest absolute Gasteiger partial charge is 0.167 e. The summed E-state index contributed by atoms with van der Waals surface area (Å²) in [6, 6.07) is 12.8. The molecule has 1 unspecified atom stereocenters. The molecule has 0 aliphatic carbocycles. The van der Waals surface area contributed by atoms with Crippen LogP contribution in [0.25, 0.3) is 0 Å². The van der Waals surface area contributed by atoms with Crippen molar-refractivity contribution in [1.82, 2.24) is 0 Å². The van der Waals surface area contributed by atoms with Crippen molar-refractivity contribution in [2.45, 2.75) is 10.8 Å². The fourth-order valence-electron chi connectivity index (χ4n) is 2.19. The summed E-state index contributed by atoms with van der Waals surface area (Å²) in [5.41, 5.74) is 7.21. The van der Waals surface area contributed by atoms with Gasteiger partial charge in [-0.05, 0) is 23.8 Å². The Morgan fingerprint density at radius 1 is 1.26 bits per heavy atom. The van der Waals surface area contributed by atoms with E-state index in [1.807, 2.05) is 23.9 Å². The second kappa shape index (κ2) is 5.13. The highest BCUT2D eigenvalue weighted by atomic mass is 32.2. The van der Waals surface area contributed by atoms with Crippen LogP contribution >= 0.6 is 11.8 Å². The molecule has 2 N–H and O–H groups in total. The van der Waals surface area contributed by atoms with E-state index in [1.165, 1.54) is 16.5 Å². The van der Waals surface area contributed by atoms with Gasteiger partial charge >= 0.3 is 0 Å². The first-order valence-corrected chi connectivity index (χ1v) is 7.12. The van der Waals surface area contributed by atoms with E-state index in [0.29, 0.717) is 18.2 Å². The molecule has 1 heterocycles. The number of benzene rings is 2. The van der Waals surface area contributed by atoms with Crippen LogP contribution in [0.5, 0.6) is 5.75 Å². The number of halogens is 1. The lowest BCUT2D eigenvalue weighted by Crippen LogP contribution is -2.10. The molecule has 1 aliphatic heterocycles. The Bertz CT molecular complexity index is 602. The molecule has 0 saturated heterocycles. The molecule has 3 rings (SSSR count). The zero-order valence-electron chi connectivity index (χ0n) is 10.3. The molecular weight excluding hydrogens is 261 g/mol. The van der Waals surface area contributed by atoms with Crippen molar-refractivity contribution in [3.8, 4) is 5.75 Å². The minimum Gasteiger partial charge on any atom is -0.490 e. The Morgan fingerprint density at radius 2 is 2.11 bits per heavy atom. The number of rotatable bonds is 3. The second-order valence-corrected chi connectivity index (χ2v) is 5.61. The van der Waals surface area contributed by atoms with Crippen LogP contribution < -0.4 is 10.5 Å². The Balaban J connectivity index is 1.71. The zero-order valence-corrected chi connectivity index (χ0v) is 11.1. The molecule has 0 fully saturated rings. The van der Waals surface area contributed by atoms with E-state index in [0.717, 1.165) is 5.75 Å². The molecule has 1 atom stereocenters. The zero-order chi connectivity index (χ0) is 13.2. The monoisotopic (exact) mass is 275 g/mol. The van der Waals surface area contributed by atoms with Crippen LogP contribution in [-0.4, -0.2) is 12.4 Å². The number of anilines is 1. The highest BCUT2D eigenvalue weighted by molar-refractivity contribution is 7.99. The van der Waals surface area contributed by atoms with E-state index in [-0.39, 0.29) is 5.75 Å².